The third kappa shape index (κ3) is 6.96. The number of para-hydroxylation sites is 1. The normalized spacial score (nSPS) is 17.8. The minimum Gasteiger partial charge on any atom is -0.481 e. The van der Waals surface area contributed by atoms with E-state index in [1.54, 1.807) is 13.1 Å². The monoisotopic (exact) mass is 587 g/mol. The number of likely N-dealkylation sites (tertiary alicyclic amines) is 1. The van der Waals surface area contributed by atoms with E-state index in [2.05, 4.69) is 25.2 Å². The zero-order valence-electron chi connectivity index (χ0n) is 21.6. The van der Waals surface area contributed by atoms with Crippen LogP contribution in [0.2, 0.25) is 0 Å². The van der Waals surface area contributed by atoms with Gasteiger partial charge in [-0.1, -0.05) is 22.7 Å². The number of hydrogen-bond acceptors (Lipinski definition) is 9. The van der Waals surface area contributed by atoms with Gasteiger partial charge in [0.25, 0.3) is 5.91 Å². The first-order valence-corrected chi connectivity index (χ1v) is 14.4. The summed E-state index contributed by atoms with van der Waals surface area (Å²) in [6.07, 6.45) is 2.37. The van der Waals surface area contributed by atoms with E-state index >= 15 is 0 Å². The molecule has 1 fully saturated rings. The topological polar surface area (TPSA) is 200 Å². The second kappa shape index (κ2) is 12.9. The van der Waals surface area contributed by atoms with Crippen molar-refractivity contribution in [2.75, 3.05) is 18.1 Å². The first-order chi connectivity index (χ1) is 19.1. The maximum absolute atomic E-state index is 13.6. The van der Waals surface area contributed by atoms with Gasteiger partial charge in [-0.25, -0.2) is 0 Å². The highest BCUT2D eigenvalue weighted by atomic mass is 32.2. The standard InChI is InChI=1S/C25H29N7O6S2/c1-13-22(40-31-30-13)25(38)28-15-6-7-32(20(33)11-39-12-21(34)35)19(9-15)24(37)29-18(23(26)36)8-14-10-27-17-5-3-2-4-16(14)17/h2-5,10,15,18-19,27H,6-9,11-12H2,1H3,(H2,26,36)(H,28,38)(H,29,37)(H,34,35). The molecule has 0 bridgehead atoms. The van der Waals surface area contributed by atoms with Crippen molar-refractivity contribution in [3.05, 3.63) is 46.6 Å². The van der Waals surface area contributed by atoms with Crippen LogP contribution >= 0.6 is 23.3 Å². The molecule has 1 saturated heterocycles. The first kappa shape index (κ1) is 29.0. The predicted octanol–water partition coefficient (Wildman–Crippen LogP) is 0.448. The number of nitrogens with one attached hydrogen (secondary N) is 3. The fourth-order valence-electron chi connectivity index (χ4n) is 4.65. The number of carbonyl (C=O) groups excluding carboxylic acids is 4. The second-order valence-corrected chi connectivity index (χ2v) is 11.1. The van der Waals surface area contributed by atoms with E-state index in [0.29, 0.717) is 17.0 Å². The van der Waals surface area contributed by atoms with Gasteiger partial charge in [0.15, 0.2) is 0 Å². The molecule has 1 aliphatic heterocycles. The highest BCUT2D eigenvalue weighted by molar-refractivity contribution is 8.00. The van der Waals surface area contributed by atoms with Crippen LogP contribution in [0.25, 0.3) is 10.9 Å². The van der Waals surface area contributed by atoms with Gasteiger partial charge in [-0.2, -0.15) is 0 Å². The number of H-pyrrole nitrogens is 1. The van der Waals surface area contributed by atoms with E-state index in [1.807, 2.05) is 24.3 Å². The summed E-state index contributed by atoms with van der Waals surface area (Å²) in [5, 5.41) is 19.3. The largest absolute Gasteiger partial charge is 0.481 e. The van der Waals surface area contributed by atoms with Gasteiger partial charge in [-0.15, -0.1) is 16.9 Å². The quantitative estimate of drug-likeness (QED) is 0.211. The zero-order chi connectivity index (χ0) is 28.8. The third-order valence-corrected chi connectivity index (χ3v) is 8.36. The minimum atomic E-state index is -1.05. The van der Waals surface area contributed by atoms with Crippen LogP contribution in [0.15, 0.2) is 30.5 Å². The van der Waals surface area contributed by atoms with Gasteiger partial charge < -0.3 is 31.4 Å². The average Bonchev–Trinajstić information content (AvgIpc) is 3.54. The summed E-state index contributed by atoms with van der Waals surface area (Å²) in [7, 11) is 0. The highest BCUT2D eigenvalue weighted by Gasteiger charge is 2.38. The lowest BCUT2D eigenvalue weighted by Crippen LogP contribution is -2.60. The molecule has 4 amide bonds. The van der Waals surface area contributed by atoms with Crippen LogP contribution in [0.1, 0.15) is 33.8 Å². The number of hydrogen-bond donors (Lipinski definition) is 5. The molecule has 15 heteroatoms. The van der Waals surface area contributed by atoms with Crippen molar-refractivity contribution in [3.8, 4) is 0 Å². The Morgan fingerprint density at radius 1 is 1.25 bits per heavy atom. The lowest BCUT2D eigenvalue weighted by Gasteiger charge is -2.39. The molecule has 3 heterocycles. The average molecular weight is 588 g/mol. The number of carbonyl (C=O) groups is 5. The Morgan fingerprint density at radius 2 is 2.02 bits per heavy atom. The van der Waals surface area contributed by atoms with E-state index in [9.17, 15) is 24.0 Å². The summed E-state index contributed by atoms with van der Waals surface area (Å²) >= 11 is 1.89. The molecule has 4 rings (SSSR count). The number of thioether (sulfide) groups is 1. The van der Waals surface area contributed by atoms with Crippen LogP contribution in [-0.4, -0.2) is 90.4 Å². The fraction of sp³-hybridized carbons (Fsp3) is 0.400. The number of nitrogens with zero attached hydrogens (tertiary/aromatic N) is 3. The van der Waals surface area contributed by atoms with Crippen molar-refractivity contribution >= 4 is 63.8 Å². The molecular formula is C25H29N7O6S2. The molecule has 3 atom stereocenters. The Labute approximate surface area is 237 Å². The third-order valence-electron chi connectivity index (χ3n) is 6.63. The predicted molar refractivity (Wildman–Crippen MR) is 149 cm³/mol. The molecule has 3 aromatic rings. The van der Waals surface area contributed by atoms with E-state index < -0.39 is 41.8 Å². The highest BCUT2D eigenvalue weighted by Crippen LogP contribution is 2.22. The van der Waals surface area contributed by atoms with Crippen LogP contribution in [0.5, 0.6) is 0 Å². The summed E-state index contributed by atoms with van der Waals surface area (Å²) in [5.74, 6) is -3.55. The Bertz CT molecular complexity index is 1420. The number of piperidine rings is 1. The van der Waals surface area contributed by atoms with Gasteiger partial charge in [-0.3, -0.25) is 24.0 Å². The van der Waals surface area contributed by atoms with Gasteiger partial charge in [0.2, 0.25) is 17.7 Å². The Kier molecular flexibility index (Phi) is 9.37. The fourth-order valence-corrected chi connectivity index (χ4v) is 5.83. The number of aryl methyl sites for hydroxylation is 1. The van der Waals surface area contributed by atoms with Crippen molar-refractivity contribution in [3.63, 3.8) is 0 Å². The van der Waals surface area contributed by atoms with Crippen LogP contribution in [0.4, 0.5) is 0 Å². The number of amides is 4. The lowest BCUT2D eigenvalue weighted by atomic mass is 9.95. The summed E-state index contributed by atoms with van der Waals surface area (Å²) in [5.41, 5.74) is 7.81. The maximum atomic E-state index is 13.6. The number of aliphatic carboxylic acids is 1. The zero-order valence-corrected chi connectivity index (χ0v) is 23.2. The maximum Gasteiger partial charge on any atom is 0.313 e. The van der Waals surface area contributed by atoms with Gasteiger partial charge >= 0.3 is 5.97 Å². The van der Waals surface area contributed by atoms with Gasteiger partial charge in [0.05, 0.1) is 17.2 Å². The molecule has 3 unspecified atom stereocenters. The number of carboxylic acid groups (broad SMARTS) is 1. The number of aromatic nitrogens is 3. The second-order valence-electron chi connectivity index (χ2n) is 9.40. The Morgan fingerprint density at radius 3 is 2.73 bits per heavy atom. The van der Waals surface area contributed by atoms with E-state index in [4.69, 9.17) is 10.8 Å². The van der Waals surface area contributed by atoms with Crippen molar-refractivity contribution in [1.82, 2.24) is 30.1 Å². The molecule has 212 valence electrons. The molecule has 0 radical (unpaired) electrons. The molecule has 1 aliphatic rings. The van der Waals surface area contributed by atoms with Crippen molar-refractivity contribution in [2.45, 2.75) is 44.3 Å². The van der Waals surface area contributed by atoms with Crippen LogP contribution < -0.4 is 16.4 Å². The molecule has 6 N–H and O–H groups in total. The number of aromatic amines is 1. The van der Waals surface area contributed by atoms with Crippen molar-refractivity contribution < 1.29 is 29.1 Å². The number of nitrogens with two attached hydrogens (primary N) is 1. The van der Waals surface area contributed by atoms with Gasteiger partial charge in [-0.05, 0) is 42.9 Å². The Hall–Kier alpha value is -3.98. The van der Waals surface area contributed by atoms with Crippen molar-refractivity contribution in [2.24, 2.45) is 5.73 Å². The number of fused-ring (bicyclic) bond motifs is 1. The van der Waals surface area contributed by atoms with Crippen molar-refractivity contribution in [1.29, 1.82) is 0 Å². The van der Waals surface area contributed by atoms with Crippen LogP contribution in [0.3, 0.4) is 0 Å². The Balaban J connectivity index is 1.50. The minimum absolute atomic E-state index is 0.0940. The van der Waals surface area contributed by atoms with Crippen LogP contribution in [0, 0.1) is 6.92 Å². The smallest absolute Gasteiger partial charge is 0.313 e. The first-order valence-electron chi connectivity index (χ1n) is 12.5. The molecule has 1 aromatic carbocycles. The molecule has 0 spiro atoms. The summed E-state index contributed by atoms with van der Waals surface area (Å²) in [6, 6.07) is 5.02. The summed E-state index contributed by atoms with van der Waals surface area (Å²) in [6.45, 7) is 1.82. The molecule has 0 aliphatic carbocycles. The molecule has 2 aromatic heterocycles. The number of benzene rings is 1. The van der Waals surface area contributed by atoms with E-state index in [0.717, 1.165) is 39.8 Å². The molecular weight excluding hydrogens is 558 g/mol. The number of carboxylic acids is 1. The van der Waals surface area contributed by atoms with E-state index in [1.165, 1.54) is 4.90 Å². The van der Waals surface area contributed by atoms with Crippen LogP contribution in [-0.2, 0) is 25.6 Å². The molecule has 0 saturated carbocycles. The lowest BCUT2D eigenvalue weighted by molar-refractivity contribution is -0.141. The number of primary amides is 1. The van der Waals surface area contributed by atoms with Gasteiger partial charge in [0.1, 0.15) is 17.0 Å². The summed E-state index contributed by atoms with van der Waals surface area (Å²) < 4.78 is 3.78. The van der Waals surface area contributed by atoms with Gasteiger partial charge in [0, 0.05) is 36.1 Å². The van der Waals surface area contributed by atoms with E-state index in [-0.39, 0.29) is 36.8 Å². The number of rotatable bonds is 11. The SMILES string of the molecule is Cc1nnsc1C(=O)NC1CCN(C(=O)CSCC(=O)O)C(C(=O)NC(Cc2c[nH]c3ccccc23)C(N)=O)C1. The molecule has 40 heavy (non-hydrogen) atoms. The molecule has 13 nitrogen and oxygen atoms in total. The summed E-state index contributed by atoms with van der Waals surface area (Å²) in [4.78, 5) is 67.4.